The van der Waals surface area contributed by atoms with E-state index in [1.165, 1.54) is 16.7 Å². The lowest BCUT2D eigenvalue weighted by atomic mass is 9.89. The predicted molar refractivity (Wildman–Crippen MR) is 103 cm³/mol. The molecule has 1 fully saturated rings. The Balaban J connectivity index is 1.59. The number of carbonyl (C=O) groups is 1. The number of furan rings is 1. The summed E-state index contributed by atoms with van der Waals surface area (Å²) in [6, 6.07) is 11.9. The highest BCUT2D eigenvalue weighted by Gasteiger charge is 2.27. The largest absolute Gasteiger partial charge is 0.461 e. The second-order valence-corrected chi connectivity index (χ2v) is 7.16. The van der Waals surface area contributed by atoms with Crippen molar-refractivity contribution in [3.63, 3.8) is 0 Å². The van der Waals surface area contributed by atoms with Crippen LogP contribution in [0, 0.1) is 12.8 Å². The SMILES string of the molecule is Cc1ccc(CNc2nc(-c3ccco3)nn2C(=O)C2CCCCC2)cc1. The third-order valence-corrected chi connectivity index (χ3v) is 5.08. The Labute approximate surface area is 158 Å². The molecule has 6 heteroatoms. The molecule has 0 atom stereocenters. The predicted octanol–water partition coefficient (Wildman–Crippen LogP) is 4.68. The van der Waals surface area contributed by atoms with Crippen molar-refractivity contribution >= 4 is 11.9 Å². The van der Waals surface area contributed by atoms with Gasteiger partial charge in [-0.15, -0.1) is 5.10 Å². The number of nitrogens with one attached hydrogen (secondary N) is 1. The first-order valence-corrected chi connectivity index (χ1v) is 9.55. The van der Waals surface area contributed by atoms with Crippen molar-refractivity contribution < 1.29 is 9.21 Å². The first-order chi connectivity index (χ1) is 13.2. The zero-order chi connectivity index (χ0) is 18.6. The number of anilines is 1. The van der Waals surface area contributed by atoms with Crippen molar-refractivity contribution in [2.45, 2.75) is 45.6 Å². The summed E-state index contributed by atoms with van der Waals surface area (Å²) in [7, 11) is 0. The van der Waals surface area contributed by atoms with Crippen LogP contribution in [0.15, 0.2) is 47.1 Å². The summed E-state index contributed by atoms with van der Waals surface area (Å²) in [5, 5.41) is 7.73. The van der Waals surface area contributed by atoms with Crippen LogP contribution in [-0.4, -0.2) is 20.7 Å². The molecule has 1 aliphatic carbocycles. The average molecular weight is 364 g/mol. The van der Waals surface area contributed by atoms with Gasteiger partial charge in [0.15, 0.2) is 5.76 Å². The molecule has 2 aromatic heterocycles. The van der Waals surface area contributed by atoms with Crippen molar-refractivity contribution in [2.24, 2.45) is 5.92 Å². The lowest BCUT2D eigenvalue weighted by Gasteiger charge is -2.20. The third-order valence-electron chi connectivity index (χ3n) is 5.08. The normalized spacial score (nSPS) is 15.0. The van der Waals surface area contributed by atoms with Gasteiger partial charge in [0.2, 0.25) is 11.8 Å². The molecule has 27 heavy (non-hydrogen) atoms. The van der Waals surface area contributed by atoms with E-state index in [9.17, 15) is 4.79 Å². The van der Waals surface area contributed by atoms with Crippen molar-refractivity contribution in [3.8, 4) is 11.6 Å². The highest BCUT2D eigenvalue weighted by Crippen LogP contribution is 2.27. The molecule has 6 nitrogen and oxygen atoms in total. The molecule has 1 aromatic carbocycles. The first kappa shape index (κ1) is 17.5. The Bertz CT molecular complexity index is 891. The summed E-state index contributed by atoms with van der Waals surface area (Å²) in [6.07, 6.45) is 6.83. The minimum Gasteiger partial charge on any atom is -0.461 e. The van der Waals surface area contributed by atoms with Crippen molar-refractivity contribution in [2.75, 3.05) is 5.32 Å². The van der Waals surface area contributed by atoms with Gasteiger partial charge in [0.05, 0.1) is 6.26 Å². The van der Waals surface area contributed by atoms with Gasteiger partial charge in [-0.25, -0.2) is 0 Å². The smallest absolute Gasteiger partial charge is 0.253 e. The van der Waals surface area contributed by atoms with Gasteiger partial charge in [-0.3, -0.25) is 4.79 Å². The van der Waals surface area contributed by atoms with Gasteiger partial charge in [-0.1, -0.05) is 49.1 Å². The van der Waals surface area contributed by atoms with Crippen LogP contribution >= 0.6 is 0 Å². The molecule has 3 aromatic rings. The molecular formula is C21H24N4O2. The lowest BCUT2D eigenvalue weighted by Crippen LogP contribution is -2.26. The van der Waals surface area contributed by atoms with E-state index >= 15 is 0 Å². The molecule has 1 saturated carbocycles. The summed E-state index contributed by atoms with van der Waals surface area (Å²) in [6.45, 7) is 2.64. The summed E-state index contributed by atoms with van der Waals surface area (Å²) < 4.78 is 6.84. The molecule has 0 spiro atoms. The Hall–Kier alpha value is -2.89. The van der Waals surface area contributed by atoms with E-state index in [1.54, 1.807) is 18.4 Å². The standard InChI is InChI=1S/C21H24N4O2/c1-15-9-11-16(12-10-15)14-22-21-23-19(18-8-5-13-27-18)24-25(21)20(26)17-6-3-2-4-7-17/h5,8-13,17H,2-4,6-7,14H2,1H3,(H,22,23,24). The molecule has 0 bridgehead atoms. The summed E-state index contributed by atoms with van der Waals surface area (Å²) >= 11 is 0. The Morgan fingerprint density at radius 3 is 2.67 bits per heavy atom. The van der Waals surface area contributed by atoms with Gasteiger partial charge in [-0.05, 0) is 37.5 Å². The first-order valence-electron chi connectivity index (χ1n) is 9.55. The number of benzene rings is 1. The maximum absolute atomic E-state index is 13.0. The number of rotatable bonds is 5. The molecule has 0 radical (unpaired) electrons. The Kier molecular flexibility index (Phi) is 5.05. The molecule has 1 aliphatic rings. The maximum atomic E-state index is 13.0. The average Bonchev–Trinajstić information content (AvgIpc) is 3.37. The van der Waals surface area contributed by atoms with E-state index < -0.39 is 0 Å². The summed E-state index contributed by atoms with van der Waals surface area (Å²) in [4.78, 5) is 17.6. The van der Waals surface area contributed by atoms with E-state index in [0.29, 0.717) is 24.1 Å². The number of aryl methyl sites for hydroxylation is 1. The highest BCUT2D eigenvalue weighted by molar-refractivity contribution is 5.83. The molecule has 0 unspecified atom stereocenters. The van der Waals surface area contributed by atoms with Crippen molar-refractivity contribution in [1.29, 1.82) is 0 Å². The number of hydrogen-bond acceptors (Lipinski definition) is 5. The number of carbonyl (C=O) groups excluding carboxylic acids is 1. The molecule has 140 valence electrons. The van der Waals surface area contributed by atoms with Crippen LogP contribution in [0.3, 0.4) is 0 Å². The van der Waals surface area contributed by atoms with E-state index in [4.69, 9.17) is 4.42 Å². The van der Waals surface area contributed by atoms with E-state index in [2.05, 4.69) is 46.6 Å². The molecule has 4 rings (SSSR count). The summed E-state index contributed by atoms with van der Waals surface area (Å²) in [5.74, 6) is 1.49. The zero-order valence-corrected chi connectivity index (χ0v) is 15.5. The quantitative estimate of drug-likeness (QED) is 0.712. The molecular weight excluding hydrogens is 340 g/mol. The number of nitrogens with zero attached hydrogens (tertiary/aromatic N) is 3. The topological polar surface area (TPSA) is 73.0 Å². The second kappa shape index (κ2) is 7.78. The van der Waals surface area contributed by atoms with Gasteiger partial charge < -0.3 is 9.73 Å². The van der Waals surface area contributed by atoms with Crippen LogP contribution in [0.4, 0.5) is 5.95 Å². The van der Waals surface area contributed by atoms with Gasteiger partial charge >= 0.3 is 0 Å². The van der Waals surface area contributed by atoms with Crippen LogP contribution in [0.2, 0.25) is 0 Å². The number of aromatic nitrogens is 3. The molecule has 1 N–H and O–H groups in total. The van der Waals surface area contributed by atoms with E-state index in [-0.39, 0.29) is 11.8 Å². The number of hydrogen-bond donors (Lipinski definition) is 1. The van der Waals surface area contributed by atoms with Crippen LogP contribution in [0.5, 0.6) is 0 Å². The second-order valence-electron chi connectivity index (χ2n) is 7.16. The van der Waals surface area contributed by atoms with Gasteiger partial charge in [0.25, 0.3) is 5.91 Å². The van der Waals surface area contributed by atoms with Crippen LogP contribution in [-0.2, 0) is 6.54 Å². The van der Waals surface area contributed by atoms with Gasteiger partial charge in [0.1, 0.15) is 0 Å². The van der Waals surface area contributed by atoms with Crippen molar-refractivity contribution in [1.82, 2.24) is 14.8 Å². The van der Waals surface area contributed by atoms with E-state index in [1.807, 2.05) is 0 Å². The van der Waals surface area contributed by atoms with Crippen LogP contribution in [0.25, 0.3) is 11.6 Å². The maximum Gasteiger partial charge on any atom is 0.253 e. The van der Waals surface area contributed by atoms with Crippen molar-refractivity contribution in [3.05, 3.63) is 53.8 Å². The molecule has 0 aliphatic heterocycles. The van der Waals surface area contributed by atoms with E-state index in [0.717, 1.165) is 31.2 Å². The highest BCUT2D eigenvalue weighted by atomic mass is 16.3. The third kappa shape index (κ3) is 3.94. The minimum atomic E-state index is 0.0184. The lowest BCUT2D eigenvalue weighted by molar-refractivity contribution is 0.0787. The fourth-order valence-electron chi connectivity index (χ4n) is 3.50. The van der Waals surface area contributed by atoms with Crippen LogP contribution in [0.1, 0.15) is 48.0 Å². The summed E-state index contributed by atoms with van der Waals surface area (Å²) in [5.41, 5.74) is 2.34. The van der Waals surface area contributed by atoms with Gasteiger partial charge in [0, 0.05) is 12.5 Å². The molecule has 2 heterocycles. The Morgan fingerprint density at radius 2 is 1.96 bits per heavy atom. The zero-order valence-electron chi connectivity index (χ0n) is 15.5. The fourth-order valence-corrected chi connectivity index (χ4v) is 3.50. The molecule has 0 saturated heterocycles. The van der Waals surface area contributed by atoms with Crippen LogP contribution < -0.4 is 5.32 Å². The Morgan fingerprint density at radius 1 is 1.19 bits per heavy atom. The van der Waals surface area contributed by atoms with Gasteiger partial charge in [-0.2, -0.15) is 9.67 Å². The monoisotopic (exact) mass is 364 g/mol. The molecule has 0 amide bonds. The minimum absolute atomic E-state index is 0.0184. The fraction of sp³-hybridized carbons (Fsp3) is 0.381.